The summed E-state index contributed by atoms with van der Waals surface area (Å²) in [5.74, 6) is 0.887. The first-order chi connectivity index (χ1) is 12.4. The number of aromatic nitrogens is 4. The summed E-state index contributed by atoms with van der Waals surface area (Å²) in [5, 5.41) is 1.03. The van der Waals surface area contributed by atoms with Gasteiger partial charge in [0.1, 0.15) is 17.7 Å². The van der Waals surface area contributed by atoms with Crippen LogP contribution in [0.1, 0.15) is 5.56 Å². The summed E-state index contributed by atoms with van der Waals surface area (Å²) in [5.41, 5.74) is 6.44. The standard InChI is InChI=1S/C20H13N4O/c1-2-4-14(5-3-1)24-17-7-9-22-11-16(17)18-19(24)23-12-13-10-21-8-6-15(13)20(23)25-18/h1-11H,12H2/q+1. The number of hydrogen-bond acceptors (Lipinski definition) is 3. The lowest BCUT2D eigenvalue weighted by Gasteiger charge is -2.00. The lowest BCUT2D eigenvalue weighted by Crippen LogP contribution is -2.32. The predicted octanol–water partition coefficient (Wildman–Crippen LogP) is 3.48. The molecule has 0 N–H and O–H groups in total. The highest BCUT2D eigenvalue weighted by Crippen LogP contribution is 2.36. The Labute approximate surface area is 142 Å². The van der Waals surface area contributed by atoms with Crippen LogP contribution in [-0.2, 0) is 6.54 Å². The minimum absolute atomic E-state index is 0.766. The van der Waals surface area contributed by atoms with Crippen LogP contribution in [0.25, 0.3) is 39.3 Å². The summed E-state index contributed by atoms with van der Waals surface area (Å²) in [4.78, 5) is 8.56. The molecule has 0 atom stereocenters. The van der Waals surface area contributed by atoms with Gasteiger partial charge in [-0.1, -0.05) is 18.2 Å². The van der Waals surface area contributed by atoms with E-state index in [0.29, 0.717) is 0 Å². The molecule has 0 amide bonds. The highest BCUT2D eigenvalue weighted by molar-refractivity contribution is 6.03. The first kappa shape index (κ1) is 12.9. The molecule has 5 heterocycles. The molecule has 25 heavy (non-hydrogen) atoms. The maximum atomic E-state index is 6.33. The minimum atomic E-state index is 0.766. The second kappa shape index (κ2) is 4.54. The van der Waals surface area contributed by atoms with E-state index >= 15 is 0 Å². The van der Waals surface area contributed by atoms with Crippen LogP contribution in [0, 0.1) is 0 Å². The second-order valence-electron chi connectivity index (χ2n) is 6.24. The van der Waals surface area contributed by atoms with Gasteiger partial charge >= 0.3 is 5.65 Å². The van der Waals surface area contributed by atoms with Crippen molar-refractivity contribution in [2.24, 2.45) is 0 Å². The van der Waals surface area contributed by atoms with Gasteiger partial charge in [-0.3, -0.25) is 9.97 Å². The van der Waals surface area contributed by atoms with Gasteiger partial charge < -0.3 is 4.42 Å². The van der Waals surface area contributed by atoms with Crippen LogP contribution in [-0.4, -0.2) is 14.5 Å². The van der Waals surface area contributed by atoms with E-state index in [1.807, 2.05) is 43.0 Å². The van der Waals surface area contributed by atoms with E-state index in [0.717, 1.165) is 45.8 Å². The molecule has 1 aromatic carbocycles. The Balaban J connectivity index is 1.79. The fourth-order valence-electron chi connectivity index (χ4n) is 3.80. The van der Waals surface area contributed by atoms with Crippen LogP contribution >= 0.6 is 0 Å². The first-order valence-corrected chi connectivity index (χ1v) is 8.21. The molecule has 4 aromatic heterocycles. The van der Waals surface area contributed by atoms with Crippen LogP contribution in [0.2, 0.25) is 0 Å². The molecule has 0 saturated carbocycles. The summed E-state index contributed by atoms with van der Waals surface area (Å²) >= 11 is 0. The summed E-state index contributed by atoms with van der Waals surface area (Å²) in [6.07, 6.45) is 7.43. The van der Waals surface area contributed by atoms with Crippen LogP contribution in [0.4, 0.5) is 0 Å². The third kappa shape index (κ3) is 1.59. The number of hydrogen-bond donors (Lipinski definition) is 0. The van der Waals surface area contributed by atoms with Crippen molar-refractivity contribution < 1.29 is 8.98 Å². The van der Waals surface area contributed by atoms with Crippen molar-refractivity contribution in [3.8, 4) is 17.1 Å². The normalized spacial score (nSPS) is 12.6. The number of para-hydroxylation sites is 1. The molecule has 0 bridgehead atoms. The Kier molecular flexibility index (Phi) is 2.34. The van der Waals surface area contributed by atoms with E-state index in [1.54, 1.807) is 0 Å². The molecule has 0 fully saturated rings. The van der Waals surface area contributed by atoms with Crippen LogP contribution in [0.5, 0.6) is 0 Å². The Hall–Kier alpha value is -3.47. The van der Waals surface area contributed by atoms with E-state index in [9.17, 15) is 0 Å². The number of oxazole rings is 1. The lowest BCUT2D eigenvalue weighted by molar-refractivity contribution is -0.651. The number of rotatable bonds is 1. The molecule has 5 nitrogen and oxygen atoms in total. The summed E-state index contributed by atoms with van der Waals surface area (Å²) in [6.45, 7) is 0.766. The molecule has 0 saturated heterocycles. The minimum Gasteiger partial charge on any atom is -0.413 e. The maximum absolute atomic E-state index is 6.33. The third-order valence-electron chi connectivity index (χ3n) is 4.87. The largest absolute Gasteiger partial charge is 0.413 e. The van der Waals surface area contributed by atoms with Gasteiger partial charge in [0.25, 0.3) is 5.89 Å². The SMILES string of the molecule is c1ccc(-n2c3ccncc3c3oc4[n+](c32)Cc2cnccc2-4)cc1. The summed E-state index contributed by atoms with van der Waals surface area (Å²) < 4.78 is 10.8. The van der Waals surface area contributed by atoms with Crippen LogP contribution in [0.15, 0.2) is 71.7 Å². The van der Waals surface area contributed by atoms with E-state index < -0.39 is 0 Å². The predicted molar refractivity (Wildman–Crippen MR) is 93.4 cm³/mol. The molecule has 0 spiro atoms. The van der Waals surface area contributed by atoms with Crippen LogP contribution in [0.3, 0.4) is 0 Å². The molecule has 6 rings (SSSR count). The molecule has 5 aromatic rings. The van der Waals surface area contributed by atoms with Crippen molar-refractivity contribution in [2.45, 2.75) is 6.54 Å². The zero-order chi connectivity index (χ0) is 16.4. The van der Waals surface area contributed by atoms with E-state index in [-0.39, 0.29) is 0 Å². The Morgan fingerprint density at radius 2 is 1.80 bits per heavy atom. The highest BCUT2D eigenvalue weighted by Gasteiger charge is 2.35. The quantitative estimate of drug-likeness (QED) is 0.435. The molecular weight excluding hydrogens is 312 g/mol. The van der Waals surface area contributed by atoms with E-state index in [1.165, 1.54) is 5.56 Å². The van der Waals surface area contributed by atoms with Gasteiger partial charge in [0.15, 0.2) is 0 Å². The zero-order valence-electron chi connectivity index (χ0n) is 13.3. The number of benzene rings is 1. The zero-order valence-corrected chi connectivity index (χ0v) is 13.3. The molecule has 1 aliphatic heterocycles. The van der Waals surface area contributed by atoms with E-state index in [2.05, 4.69) is 43.4 Å². The summed E-state index contributed by atoms with van der Waals surface area (Å²) in [7, 11) is 0. The number of fused-ring (bicyclic) bond motifs is 7. The average Bonchev–Trinajstić information content (AvgIpc) is 3.30. The van der Waals surface area contributed by atoms with Gasteiger partial charge in [-0.2, -0.15) is 9.13 Å². The van der Waals surface area contributed by atoms with Crippen LogP contribution < -0.4 is 4.57 Å². The fraction of sp³-hybridized carbons (Fsp3) is 0.0500. The topological polar surface area (TPSA) is 47.7 Å². The average molecular weight is 325 g/mol. The number of nitrogens with zero attached hydrogens (tertiary/aromatic N) is 4. The van der Waals surface area contributed by atoms with Gasteiger partial charge in [-0.25, -0.2) is 0 Å². The van der Waals surface area contributed by atoms with Crippen molar-refractivity contribution in [3.63, 3.8) is 0 Å². The van der Waals surface area contributed by atoms with Crippen molar-refractivity contribution >= 4 is 22.1 Å². The molecule has 118 valence electrons. The molecule has 0 aliphatic carbocycles. The van der Waals surface area contributed by atoms with Gasteiger partial charge in [0.2, 0.25) is 5.58 Å². The smallest absolute Gasteiger partial charge is 0.334 e. The molecule has 0 unspecified atom stereocenters. The van der Waals surface area contributed by atoms with Crippen molar-refractivity contribution in [3.05, 3.63) is 72.8 Å². The van der Waals surface area contributed by atoms with Gasteiger partial charge in [0, 0.05) is 36.4 Å². The Bertz CT molecular complexity index is 1270. The number of pyridine rings is 2. The fourth-order valence-corrected chi connectivity index (χ4v) is 3.80. The monoisotopic (exact) mass is 325 g/mol. The van der Waals surface area contributed by atoms with Crippen molar-refractivity contribution in [1.82, 2.24) is 14.5 Å². The van der Waals surface area contributed by atoms with Gasteiger partial charge in [0.05, 0.1) is 10.9 Å². The Morgan fingerprint density at radius 1 is 0.960 bits per heavy atom. The van der Waals surface area contributed by atoms with Crippen molar-refractivity contribution in [1.29, 1.82) is 0 Å². The molecule has 1 aliphatic rings. The maximum Gasteiger partial charge on any atom is 0.334 e. The van der Waals surface area contributed by atoms with Gasteiger partial charge in [-0.05, 0) is 18.2 Å². The summed E-state index contributed by atoms with van der Waals surface area (Å²) in [6, 6.07) is 14.4. The molecule has 5 heteroatoms. The van der Waals surface area contributed by atoms with E-state index in [4.69, 9.17) is 4.42 Å². The third-order valence-corrected chi connectivity index (χ3v) is 4.87. The molecular formula is C20H13N4O+. The van der Waals surface area contributed by atoms with Gasteiger partial charge in [-0.15, -0.1) is 0 Å². The Morgan fingerprint density at radius 3 is 2.72 bits per heavy atom. The molecule has 0 radical (unpaired) electrons. The highest BCUT2D eigenvalue weighted by atomic mass is 16.4. The van der Waals surface area contributed by atoms with Crippen molar-refractivity contribution in [2.75, 3.05) is 0 Å². The second-order valence-corrected chi connectivity index (χ2v) is 6.24. The lowest BCUT2D eigenvalue weighted by atomic mass is 10.2. The first-order valence-electron chi connectivity index (χ1n) is 8.21.